The summed E-state index contributed by atoms with van der Waals surface area (Å²) in [5.74, 6) is -0.343. The standard InChI is InChI=1S/C18H28N4O4S/c1-18(2,3)14-12-7-6-8-21(12)9-13(22(14)17(24)25)15-19-11(10-27-15)16(23)20(4)26-5/h10,12-14H,6-9H2,1-5H3,(H,24,25)/t12?,13-,14?/m0/s1. The van der Waals surface area contributed by atoms with E-state index in [4.69, 9.17) is 4.84 Å². The molecule has 0 bridgehead atoms. The summed E-state index contributed by atoms with van der Waals surface area (Å²) in [6, 6.07) is -0.264. The molecule has 2 saturated heterocycles. The molecule has 1 N–H and O–H groups in total. The second-order valence-corrected chi connectivity index (χ2v) is 9.17. The molecule has 1 aromatic heterocycles. The average molecular weight is 397 g/mol. The Balaban J connectivity index is 1.97. The third-order valence-corrected chi connectivity index (χ3v) is 6.46. The van der Waals surface area contributed by atoms with E-state index >= 15 is 0 Å². The summed E-state index contributed by atoms with van der Waals surface area (Å²) in [7, 11) is 2.94. The molecule has 0 saturated carbocycles. The van der Waals surface area contributed by atoms with Crippen LogP contribution in [-0.2, 0) is 4.84 Å². The van der Waals surface area contributed by atoms with E-state index in [-0.39, 0.29) is 35.1 Å². The highest BCUT2D eigenvalue weighted by Gasteiger charge is 2.51. The highest BCUT2D eigenvalue weighted by molar-refractivity contribution is 7.09. The second-order valence-electron chi connectivity index (χ2n) is 8.28. The molecule has 9 heteroatoms. The number of amides is 2. The molecule has 1 aromatic rings. The van der Waals surface area contributed by atoms with Gasteiger partial charge in [-0.25, -0.2) is 14.8 Å². The summed E-state index contributed by atoms with van der Waals surface area (Å²) in [4.78, 5) is 38.0. The summed E-state index contributed by atoms with van der Waals surface area (Å²) in [6.45, 7) is 7.88. The van der Waals surface area contributed by atoms with Gasteiger partial charge in [0, 0.05) is 25.0 Å². The molecule has 0 radical (unpaired) electrons. The fourth-order valence-electron chi connectivity index (χ4n) is 4.35. The number of thiazole rings is 1. The molecular formula is C18H28N4O4S. The molecule has 2 aliphatic rings. The van der Waals surface area contributed by atoms with Gasteiger partial charge in [-0.15, -0.1) is 11.3 Å². The summed E-state index contributed by atoms with van der Waals surface area (Å²) in [5.41, 5.74) is 0.0804. The van der Waals surface area contributed by atoms with Gasteiger partial charge in [0.25, 0.3) is 5.91 Å². The van der Waals surface area contributed by atoms with Crippen molar-refractivity contribution in [2.45, 2.75) is 51.7 Å². The Morgan fingerprint density at radius 1 is 1.41 bits per heavy atom. The molecule has 27 heavy (non-hydrogen) atoms. The fourth-order valence-corrected chi connectivity index (χ4v) is 5.23. The molecule has 3 heterocycles. The minimum absolute atomic E-state index is 0.124. The van der Waals surface area contributed by atoms with Crippen molar-refractivity contribution in [1.82, 2.24) is 19.8 Å². The first-order valence-corrected chi connectivity index (χ1v) is 10.1. The highest BCUT2D eigenvalue weighted by atomic mass is 32.1. The van der Waals surface area contributed by atoms with Crippen molar-refractivity contribution in [1.29, 1.82) is 0 Å². The predicted octanol–water partition coefficient (Wildman–Crippen LogP) is 2.69. The van der Waals surface area contributed by atoms with Crippen LogP contribution in [0.4, 0.5) is 4.79 Å². The quantitative estimate of drug-likeness (QED) is 0.791. The Morgan fingerprint density at radius 2 is 2.11 bits per heavy atom. The molecule has 2 aliphatic heterocycles. The molecule has 2 amide bonds. The number of aromatic nitrogens is 1. The van der Waals surface area contributed by atoms with Gasteiger partial charge < -0.3 is 5.11 Å². The van der Waals surface area contributed by atoms with E-state index in [1.807, 2.05) is 0 Å². The largest absolute Gasteiger partial charge is 0.465 e. The third-order valence-electron chi connectivity index (χ3n) is 5.52. The van der Waals surface area contributed by atoms with Gasteiger partial charge in [0.15, 0.2) is 0 Å². The number of hydrogen-bond donors (Lipinski definition) is 1. The Labute approximate surface area is 163 Å². The zero-order valence-corrected chi connectivity index (χ0v) is 17.3. The van der Waals surface area contributed by atoms with Crippen LogP contribution in [0.25, 0.3) is 0 Å². The molecule has 2 unspecified atom stereocenters. The smallest absolute Gasteiger partial charge is 0.408 e. The van der Waals surface area contributed by atoms with Crippen molar-refractivity contribution < 1.29 is 19.5 Å². The van der Waals surface area contributed by atoms with Gasteiger partial charge in [0.1, 0.15) is 16.7 Å². The van der Waals surface area contributed by atoms with E-state index in [0.29, 0.717) is 11.6 Å². The number of carboxylic acid groups (broad SMARTS) is 1. The lowest BCUT2D eigenvalue weighted by Crippen LogP contribution is -2.63. The average Bonchev–Trinajstić information content (AvgIpc) is 3.26. The first-order valence-electron chi connectivity index (χ1n) is 9.18. The van der Waals surface area contributed by atoms with Gasteiger partial charge in [0.2, 0.25) is 0 Å². The lowest BCUT2D eigenvalue weighted by Gasteiger charge is -2.52. The highest BCUT2D eigenvalue weighted by Crippen LogP contribution is 2.43. The molecule has 3 rings (SSSR count). The molecule has 150 valence electrons. The number of carbonyl (C=O) groups excluding carboxylic acids is 1. The molecular weight excluding hydrogens is 368 g/mol. The van der Waals surface area contributed by atoms with Crippen LogP contribution in [0.15, 0.2) is 5.38 Å². The van der Waals surface area contributed by atoms with Crippen LogP contribution in [0, 0.1) is 5.41 Å². The van der Waals surface area contributed by atoms with E-state index in [0.717, 1.165) is 24.4 Å². The Hall–Kier alpha value is -1.71. The normalized spacial score (nSPS) is 26.1. The van der Waals surface area contributed by atoms with Crippen LogP contribution in [0.5, 0.6) is 0 Å². The monoisotopic (exact) mass is 396 g/mol. The number of piperazine rings is 1. The number of rotatable bonds is 3. The number of carbonyl (C=O) groups is 2. The van der Waals surface area contributed by atoms with E-state index < -0.39 is 6.09 Å². The summed E-state index contributed by atoms with van der Waals surface area (Å²) in [6.07, 6.45) is 1.17. The molecule has 0 spiro atoms. The first-order chi connectivity index (χ1) is 12.6. The molecule has 8 nitrogen and oxygen atoms in total. The van der Waals surface area contributed by atoms with Gasteiger partial charge in [-0.2, -0.15) is 0 Å². The maximum Gasteiger partial charge on any atom is 0.408 e. The van der Waals surface area contributed by atoms with Crippen molar-refractivity contribution in [3.63, 3.8) is 0 Å². The minimum Gasteiger partial charge on any atom is -0.465 e. The SMILES string of the molecule is CON(C)C(=O)c1csc([C@@H]2CN3CCCC3C(C(C)(C)C)N2C(=O)O)n1. The zero-order chi connectivity index (χ0) is 19.9. The van der Waals surface area contributed by atoms with Crippen LogP contribution in [0.2, 0.25) is 0 Å². The fraction of sp³-hybridized carbons (Fsp3) is 0.722. The lowest BCUT2D eigenvalue weighted by molar-refractivity contribution is -0.0760. The molecule has 0 aromatic carbocycles. The van der Waals surface area contributed by atoms with Crippen molar-refractivity contribution in [2.24, 2.45) is 5.41 Å². The first kappa shape index (κ1) is 20.0. The topological polar surface area (TPSA) is 86.2 Å². The van der Waals surface area contributed by atoms with Gasteiger partial charge in [0.05, 0.1) is 13.2 Å². The van der Waals surface area contributed by atoms with Gasteiger partial charge in [-0.3, -0.25) is 19.4 Å². The Morgan fingerprint density at radius 3 is 2.70 bits per heavy atom. The van der Waals surface area contributed by atoms with Crippen LogP contribution < -0.4 is 0 Å². The van der Waals surface area contributed by atoms with Gasteiger partial charge in [-0.1, -0.05) is 20.8 Å². The van der Waals surface area contributed by atoms with E-state index in [2.05, 4.69) is 30.7 Å². The van der Waals surface area contributed by atoms with E-state index in [1.165, 1.54) is 25.5 Å². The molecule has 0 aliphatic carbocycles. The van der Waals surface area contributed by atoms with Crippen LogP contribution >= 0.6 is 11.3 Å². The second kappa shape index (κ2) is 7.37. The summed E-state index contributed by atoms with van der Waals surface area (Å²) < 4.78 is 0. The van der Waals surface area contributed by atoms with Gasteiger partial charge >= 0.3 is 6.09 Å². The van der Waals surface area contributed by atoms with Crippen LogP contribution in [0.3, 0.4) is 0 Å². The number of hydrogen-bond acceptors (Lipinski definition) is 6. The number of hydroxylamine groups is 2. The number of nitrogens with zero attached hydrogens (tertiary/aromatic N) is 4. The predicted molar refractivity (Wildman–Crippen MR) is 102 cm³/mol. The van der Waals surface area contributed by atoms with Crippen LogP contribution in [-0.4, -0.2) is 76.3 Å². The number of fused-ring (bicyclic) bond motifs is 1. The van der Waals surface area contributed by atoms with Crippen molar-refractivity contribution >= 4 is 23.3 Å². The lowest BCUT2D eigenvalue weighted by atomic mass is 9.78. The van der Waals surface area contributed by atoms with Crippen molar-refractivity contribution in [3.05, 3.63) is 16.1 Å². The Kier molecular flexibility index (Phi) is 5.47. The van der Waals surface area contributed by atoms with Crippen molar-refractivity contribution in [2.75, 3.05) is 27.2 Å². The Bertz CT molecular complexity index is 716. The molecule has 2 fully saturated rings. The van der Waals surface area contributed by atoms with E-state index in [1.54, 1.807) is 10.3 Å². The maximum absolute atomic E-state index is 12.3. The minimum atomic E-state index is -0.927. The third kappa shape index (κ3) is 3.68. The zero-order valence-electron chi connectivity index (χ0n) is 16.5. The van der Waals surface area contributed by atoms with Gasteiger partial charge in [-0.05, 0) is 24.8 Å². The summed E-state index contributed by atoms with van der Waals surface area (Å²) in [5, 5.41) is 13.5. The van der Waals surface area contributed by atoms with Crippen LogP contribution in [0.1, 0.15) is 55.2 Å². The molecule has 3 atom stereocenters. The maximum atomic E-state index is 12.3. The summed E-state index contributed by atoms with van der Waals surface area (Å²) >= 11 is 1.33. The van der Waals surface area contributed by atoms with Crippen molar-refractivity contribution in [3.8, 4) is 0 Å². The van der Waals surface area contributed by atoms with E-state index in [9.17, 15) is 14.7 Å².